The summed E-state index contributed by atoms with van der Waals surface area (Å²) in [7, 11) is 1.30. The molecule has 7 nitrogen and oxygen atoms in total. The smallest absolute Gasteiger partial charge is 0.343 e. The van der Waals surface area contributed by atoms with E-state index in [0.29, 0.717) is 28.3 Å². The van der Waals surface area contributed by atoms with E-state index in [9.17, 15) is 9.59 Å². The van der Waals surface area contributed by atoms with Crippen LogP contribution in [-0.2, 0) is 16.1 Å². The van der Waals surface area contributed by atoms with Gasteiger partial charge >= 0.3 is 5.97 Å². The first-order valence-electron chi connectivity index (χ1n) is 10.3. The van der Waals surface area contributed by atoms with Crippen LogP contribution in [0, 0.1) is 6.92 Å². The van der Waals surface area contributed by atoms with Gasteiger partial charge in [-0.05, 0) is 48.9 Å². The maximum Gasteiger partial charge on any atom is 0.343 e. The predicted octanol–water partition coefficient (Wildman–Crippen LogP) is 5.12. The third-order valence-corrected chi connectivity index (χ3v) is 5.06. The number of hydrogen-bond acceptors (Lipinski definition) is 6. The van der Waals surface area contributed by atoms with Crippen molar-refractivity contribution in [1.29, 1.82) is 0 Å². The zero-order chi connectivity index (χ0) is 23.2. The summed E-state index contributed by atoms with van der Waals surface area (Å²) in [6.07, 6.45) is 0. The molecule has 0 bridgehead atoms. The highest BCUT2D eigenvalue weighted by molar-refractivity contribution is 6.06. The largest absolute Gasteiger partial charge is 0.489 e. The molecule has 168 valence electrons. The van der Waals surface area contributed by atoms with Crippen LogP contribution in [-0.4, -0.2) is 25.6 Å². The first kappa shape index (κ1) is 22.0. The predicted molar refractivity (Wildman–Crippen MR) is 124 cm³/mol. The van der Waals surface area contributed by atoms with Crippen molar-refractivity contribution in [3.63, 3.8) is 0 Å². The number of esters is 1. The van der Waals surface area contributed by atoms with Gasteiger partial charge in [-0.1, -0.05) is 36.4 Å². The number of carbonyl (C=O) groups excluding carboxylic acids is 2. The highest BCUT2D eigenvalue weighted by Gasteiger charge is 2.22. The van der Waals surface area contributed by atoms with Crippen molar-refractivity contribution >= 4 is 28.5 Å². The SMILES string of the molecule is COC(=O)COc1ccc(NC(=O)c2oc3ccccc3c2COc2ccccc2)c(C)c1. The Hall–Kier alpha value is -4.26. The Bertz CT molecular complexity index is 1280. The van der Waals surface area contributed by atoms with Gasteiger partial charge in [-0.3, -0.25) is 4.79 Å². The zero-order valence-electron chi connectivity index (χ0n) is 18.3. The van der Waals surface area contributed by atoms with Crippen LogP contribution in [0.5, 0.6) is 11.5 Å². The summed E-state index contributed by atoms with van der Waals surface area (Å²) in [6, 6.07) is 22.0. The maximum absolute atomic E-state index is 13.2. The van der Waals surface area contributed by atoms with Gasteiger partial charge in [0, 0.05) is 16.6 Å². The lowest BCUT2D eigenvalue weighted by molar-refractivity contribution is -0.142. The Labute approximate surface area is 190 Å². The lowest BCUT2D eigenvalue weighted by Crippen LogP contribution is -2.15. The summed E-state index contributed by atoms with van der Waals surface area (Å²) in [4.78, 5) is 24.4. The molecule has 0 radical (unpaired) electrons. The molecule has 0 saturated carbocycles. The number of methoxy groups -OCH3 is 1. The average Bonchev–Trinajstić information content (AvgIpc) is 3.22. The molecule has 0 unspecified atom stereocenters. The molecule has 1 N–H and O–H groups in total. The maximum atomic E-state index is 13.2. The fraction of sp³-hybridized carbons (Fsp3) is 0.154. The number of amides is 1. The number of para-hydroxylation sites is 2. The summed E-state index contributed by atoms with van der Waals surface area (Å²) >= 11 is 0. The lowest BCUT2D eigenvalue weighted by atomic mass is 10.1. The van der Waals surface area contributed by atoms with Crippen molar-refractivity contribution in [1.82, 2.24) is 0 Å². The normalized spacial score (nSPS) is 10.6. The molecule has 33 heavy (non-hydrogen) atoms. The number of fused-ring (bicyclic) bond motifs is 1. The molecule has 4 aromatic rings. The van der Waals surface area contributed by atoms with Crippen molar-refractivity contribution in [2.24, 2.45) is 0 Å². The molecule has 0 saturated heterocycles. The Balaban J connectivity index is 1.55. The molecule has 0 aliphatic rings. The van der Waals surface area contributed by atoms with E-state index >= 15 is 0 Å². The van der Waals surface area contributed by atoms with E-state index < -0.39 is 5.97 Å². The molecule has 0 spiro atoms. The number of nitrogens with one attached hydrogen (secondary N) is 1. The van der Waals surface area contributed by atoms with E-state index in [1.165, 1.54) is 7.11 Å². The third kappa shape index (κ3) is 5.15. The van der Waals surface area contributed by atoms with Crippen LogP contribution < -0.4 is 14.8 Å². The van der Waals surface area contributed by atoms with Gasteiger partial charge in [-0.2, -0.15) is 0 Å². The van der Waals surface area contributed by atoms with Gasteiger partial charge < -0.3 is 23.9 Å². The molecule has 1 aromatic heterocycles. The van der Waals surface area contributed by atoms with Gasteiger partial charge in [0.2, 0.25) is 0 Å². The zero-order valence-corrected chi connectivity index (χ0v) is 18.3. The van der Waals surface area contributed by atoms with Gasteiger partial charge in [0.25, 0.3) is 5.91 Å². The highest BCUT2D eigenvalue weighted by atomic mass is 16.6. The Morgan fingerprint density at radius 3 is 2.42 bits per heavy atom. The van der Waals surface area contributed by atoms with E-state index in [1.54, 1.807) is 18.2 Å². The number of benzene rings is 3. The van der Waals surface area contributed by atoms with E-state index in [0.717, 1.165) is 10.9 Å². The number of hydrogen-bond donors (Lipinski definition) is 1. The van der Waals surface area contributed by atoms with Gasteiger partial charge in [-0.25, -0.2) is 4.79 Å². The van der Waals surface area contributed by atoms with E-state index in [4.69, 9.17) is 13.9 Å². The second-order valence-corrected chi connectivity index (χ2v) is 7.30. The molecule has 0 aliphatic heterocycles. The van der Waals surface area contributed by atoms with Gasteiger partial charge in [0.05, 0.1) is 7.11 Å². The van der Waals surface area contributed by atoms with Crippen molar-refractivity contribution in [3.8, 4) is 11.5 Å². The van der Waals surface area contributed by atoms with Crippen LogP contribution in [0.1, 0.15) is 21.7 Å². The van der Waals surface area contributed by atoms with Crippen LogP contribution in [0.4, 0.5) is 5.69 Å². The van der Waals surface area contributed by atoms with Crippen LogP contribution in [0.15, 0.2) is 77.2 Å². The minimum Gasteiger partial charge on any atom is -0.489 e. The Morgan fingerprint density at radius 2 is 1.67 bits per heavy atom. The Kier molecular flexibility index (Phi) is 6.59. The first-order chi connectivity index (χ1) is 16.0. The van der Waals surface area contributed by atoms with Crippen LogP contribution in [0.25, 0.3) is 11.0 Å². The molecular formula is C26H23NO6. The first-order valence-corrected chi connectivity index (χ1v) is 10.3. The molecule has 4 rings (SSSR count). The average molecular weight is 445 g/mol. The van der Waals surface area contributed by atoms with Crippen LogP contribution in [0.3, 0.4) is 0 Å². The minimum absolute atomic E-state index is 0.184. The summed E-state index contributed by atoms with van der Waals surface area (Å²) in [5, 5.41) is 3.72. The van der Waals surface area contributed by atoms with Gasteiger partial charge in [0.15, 0.2) is 12.4 Å². The van der Waals surface area contributed by atoms with Crippen molar-refractivity contribution < 1.29 is 28.2 Å². The summed E-state index contributed by atoms with van der Waals surface area (Å²) in [5.41, 5.74) is 2.64. The fourth-order valence-corrected chi connectivity index (χ4v) is 3.34. The monoisotopic (exact) mass is 445 g/mol. The third-order valence-electron chi connectivity index (χ3n) is 5.06. The number of furan rings is 1. The molecule has 7 heteroatoms. The summed E-state index contributed by atoms with van der Waals surface area (Å²) < 4.78 is 21.8. The molecule has 1 amide bonds. The highest BCUT2D eigenvalue weighted by Crippen LogP contribution is 2.29. The molecule has 0 fully saturated rings. The second kappa shape index (κ2) is 9.91. The molecule has 3 aromatic carbocycles. The number of carbonyl (C=O) groups is 2. The second-order valence-electron chi connectivity index (χ2n) is 7.30. The topological polar surface area (TPSA) is 87.0 Å². The Morgan fingerprint density at radius 1 is 0.909 bits per heavy atom. The fourth-order valence-electron chi connectivity index (χ4n) is 3.34. The number of anilines is 1. The minimum atomic E-state index is -0.472. The molecule has 0 aliphatic carbocycles. The molecule has 1 heterocycles. The van der Waals surface area contributed by atoms with Crippen molar-refractivity contribution in [2.75, 3.05) is 19.0 Å². The lowest BCUT2D eigenvalue weighted by Gasteiger charge is -2.11. The number of aryl methyl sites for hydroxylation is 1. The number of rotatable bonds is 8. The van der Waals surface area contributed by atoms with Crippen molar-refractivity contribution in [3.05, 3.63) is 89.7 Å². The molecular weight excluding hydrogens is 422 g/mol. The van der Waals surface area contributed by atoms with Crippen LogP contribution >= 0.6 is 0 Å². The summed E-state index contributed by atoms with van der Waals surface area (Å²) in [6.45, 7) is 1.83. The van der Waals surface area contributed by atoms with Crippen LogP contribution in [0.2, 0.25) is 0 Å². The molecule has 0 atom stereocenters. The quantitative estimate of drug-likeness (QED) is 0.379. The van der Waals surface area contributed by atoms with E-state index in [2.05, 4.69) is 10.1 Å². The van der Waals surface area contributed by atoms with Gasteiger partial charge in [-0.15, -0.1) is 0 Å². The number of ether oxygens (including phenoxy) is 3. The summed E-state index contributed by atoms with van der Waals surface area (Å²) in [5.74, 6) is 0.533. The standard InChI is InChI=1S/C26H23NO6/c1-17-14-19(32-16-24(28)30-2)12-13-22(17)27-26(29)25-21(15-31-18-8-4-3-5-9-18)20-10-6-7-11-23(20)33-25/h3-14H,15-16H2,1-2H3,(H,27,29). The van der Waals surface area contributed by atoms with Gasteiger partial charge in [0.1, 0.15) is 23.7 Å². The van der Waals surface area contributed by atoms with Crippen molar-refractivity contribution in [2.45, 2.75) is 13.5 Å². The van der Waals surface area contributed by atoms with E-state index in [1.807, 2.05) is 61.5 Å². The van der Waals surface area contributed by atoms with E-state index in [-0.39, 0.29) is 24.9 Å².